The van der Waals surface area contributed by atoms with Crippen LogP contribution < -0.4 is 38.5 Å². The molecule has 0 unspecified atom stereocenters. The molecule has 1 heterocycles. The van der Waals surface area contributed by atoms with Gasteiger partial charge in [0.2, 0.25) is 0 Å². The fourth-order valence-electron chi connectivity index (χ4n) is 13.7. The van der Waals surface area contributed by atoms with Crippen LogP contribution in [0.1, 0.15) is 239 Å². The van der Waals surface area contributed by atoms with Gasteiger partial charge in [0.05, 0.1) is 0 Å². The summed E-state index contributed by atoms with van der Waals surface area (Å²) in [5, 5.41) is 18.5. The number of aliphatic hydroxyl groups excluding tert-OH is 1. The molecule has 5 aromatic rings. The number of amides is 7. The van der Waals surface area contributed by atoms with Crippen molar-refractivity contribution in [1.29, 1.82) is 0 Å². The van der Waals surface area contributed by atoms with E-state index >= 15 is 0 Å². The summed E-state index contributed by atoms with van der Waals surface area (Å²) >= 11 is 4.97. The Labute approximate surface area is 780 Å². The lowest BCUT2D eigenvalue weighted by atomic mass is 9.94. The van der Waals surface area contributed by atoms with Crippen molar-refractivity contribution >= 4 is 90.3 Å². The second-order valence-electron chi connectivity index (χ2n) is 33.6. The standard InChI is InChI=1S/C21H32N2O4.2C16H24N2O2.C13H26N2O2.C13H15NO3.C8H7ClO2.C7H16N2O2.CH4O.CH4.2ClH/c1-21(2,3)27-19(24)22-14-15-23(18-12-8-5-9-13-18)20(25)26-16-17-10-6-4-7-11-17;2*17-11-12-18(15-9-5-2-6-10-15)16(19)20-13-14-7-3-1-4-8-14;1-13(2,3)17-12(16)15-10-9-14-11-7-5-4-6-8-11;15-12-6-8-14(9-7-12)13(16)17-10-11-4-2-1-3-5-11;9-8(10)11-6-7-4-2-1-3-5-7;1-7(2,3)11-6(10)9-5-4-8;1-2;;;/h4,6-7,10-11,18H,5,8-9,12-16H2,1-3H3,(H,22,24);2*1,3-4,7-8,15H,2,5-6,9-13,17H2;11,14H,4-10H2,1-3H3,(H,15,16);1-5H,6-10H2;1-5H,6H2;4-5,8H2,1-3H3,(H,9,10);2H,1H3;1H4;2*1H. The molecule has 32 heteroatoms. The number of ether oxygens (including phenoxy) is 8. The number of benzene rings is 5. The van der Waals surface area contributed by atoms with E-state index in [0.717, 1.165) is 92.8 Å². The van der Waals surface area contributed by atoms with Crippen LogP contribution in [-0.2, 0) is 75.7 Å². The second-order valence-corrected chi connectivity index (χ2v) is 33.9. The third-order valence-corrected chi connectivity index (χ3v) is 19.9. The average molecular weight is 1860 g/mol. The Kier molecular flexibility index (Phi) is 65.6. The Balaban J connectivity index is 0.00000148. The molecule has 10 rings (SSSR count). The van der Waals surface area contributed by atoms with E-state index in [4.69, 9.17) is 67.1 Å². The van der Waals surface area contributed by atoms with Gasteiger partial charge in [0.15, 0.2) is 0 Å². The summed E-state index contributed by atoms with van der Waals surface area (Å²) < 4.78 is 41.4. The van der Waals surface area contributed by atoms with Crippen LogP contribution in [0.15, 0.2) is 152 Å². The minimum absolute atomic E-state index is 0. The number of Topliss-reactive ketones (excluding diaryl/α,β-unsaturated/α-hetero) is 1. The first-order chi connectivity index (χ1) is 59.9. The van der Waals surface area contributed by atoms with E-state index in [9.17, 15) is 43.2 Å². The number of aliphatic hydroxyl groups is 1. The zero-order valence-corrected chi connectivity index (χ0v) is 79.3. The van der Waals surface area contributed by atoms with Crippen molar-refractivity contribution in [2.45, 2.75) is 285 Å². The molecule has 1 saturated heterocycles. The number of piperidine rings is 1. The molecule has 0 bridgehead atoms. The lowest BCUT2D eigenvalue weighted by molar-refractivity contribution is -0.121. The Bertz CT molecular complexity index is 3630. The maximum Gasteiger partial charge on any atom is 0.410 e. The first-order valence-corrected chi connectivity index (χ1v) is 44.8. The Morgan fingerprint density at radius 1 is 0.383 bits per heavy atom. The zero-order valence-electron chi connectivity index (χ0n) is 76.9. The highest BCUT2D eigenvalue weighted by atomic mass is 35.5. The molecule has 5 aliphatic rings. The summed E-state index contributed by atoms with van der Waals surface area (Å²) in [6.45, 7) is 24.1. The van der Waals surface area contributed by atoms with Gasteiger partial charge in [-0.3, -0.25) is 4.79 Å². The average Bonchev–Trinajstić information content (AvgIpc) is 0.870. The van der Waals surface area contributed by atoms with Crippen molar-refractivity contribution in [3.8, 4) is 0 Å². The SMILES string of the molecule is C.CC(C)(C)OC(=O)NCCN.CC(C)(C)OC(=O)NCCN(C(=O)OCc1ccccc1)C1CCCCC1.CC(C)(C)OC(=O)NCCNC1CCCCC1.CO.Cl.Cl.NCCN(C(=O)OCc1ccccc1)C1CCCCC1.NCCN(C(=O)OCc1ccccc1)C1CCCCC1.O=C(Cl)OCc1ccccc1.O=C1CCN(C(=O)OCc2ccccc2)CC1. The minimum atomic E-state index is -0.770. The van der Waals surface area contributed by atoms with E-state index in [2.05, 4.69) is 26.0 Å². The van der Waals surface area contributed by atoms with E-state index in [-0.39, 0.29) is 94.4 Å². The molecule has 0 radical (unpaired) electrons. The third kappa shape index (κ3) is 58.4. The van der Waals surface area contributed by atoms with E-state index in [1.54, 1.807) is 9.80 Å². The Morgan fingerprint density at radius 2 is 0.656 bits per heavy atom. The van der Waals surface area contributed by atoms with Crippen molar-refractivity contribution in [3.63, 3.8) is 0 Å². The second kappa shape index (κ2) is 70.7. The number of likely N-dealkylation sites (tertiary alicyclic amines) is 1. The van der Waals surface area contributed by atoms with Gasteiger partial charge in [0, 0.05) is 134 Å². The molecular formula is C96H154Cl3N11O18. The summed E-state index contributed by atoms with van der Waals surface area (Å²) in [5.74, 6) is 0.220. The van der Waals surface area contributed by atoms with Gasteiger partial charge in [-0.25, -0.2) is 38.4 Å². The number of hydrogen-bond donors (Lipinski definition) is 8. The van der Waals surface area contributed by atoms with E-state index in [1.165, 1.54) is 77.0 Å². The van der Waals surface area contributed by atoms with Gasteiger partial charge in [-0.05, 0) is 141 Å². The van der Waals surface area contributed by atoms with Crippen LogP contribution in [0, 0.1) is 0 Å². The number of halogens is 3. The fraction of sp³-hybridized carbons (Fsp3) is 0.594. The Hall–Kier alpha value is -9.20. The molecule has 7 amide bonds. The number of alkyl carbamates (subject to hydrolysis) is 3. The summed E-state index contributed by atoms with van der Waals surface area (Å²) in [4.78, 5) is 111. The maximum atomic E-state index is 12.7. The van der Waals surface area contributed by atoms with Crippen LogP contribution >= 0.6 is 36.4 Å². The number of ketones is 1. The molecule has 29 nitrogen and oxygen atoms in total. The van der Waals surface area contributed by atoms with Crippen molar-refractivity contribution in [1.82, 2.24) is 40.9 Å². The van der Waals surface area contributed by atoms with Gasteiger partial charge >= 0.3 is 48.1 Å². The monoisotopic (exact) mass is 1850 g/mol. The van der Waals surface area contributed by atoms with Crippen LogP contribution in [0.2, 0.25) is 0 Å². The van der Waals surface area contributed by atoms with Crippen LogP contribution in [0.5, 0.6) is 0 Å². The summed E-state index contributed by atoms with van der Waals surface area (Å²) in [7, 11) is 1.00. The number of nitrogens with zero attached hydrogens (tertiary/aromatic N) is 4. The van der Waals surface area contributed by atoms with Gasteiger partial charge < -0.3 is 101 Å². The topological polar surface area (TPSA) is 387 Å². The lowest BCUT2D eigenvalue weighted by Crippen LogP contribution is -2.46. The highest BCUT2D eigenvalue weighted by Gasteiger charge is 2.30. The van der Waals surface area contributed by atoms with Gasteiger partial charge in [-0.2, -0.15) is 0 Å². The number of nitrogens with two attached hydrogens (primary N) is 3. The largest absolute Gasteiger partial charge is 0.449 e. The molecule has 11 N–H and O–H groups in total. The van der Waals surface area contributed by atoms with E-state index in [0.29, 0.717) is 116 Å². The van der Waals surface area contributed by atoms with Gasteiger partial charge in [0.1, 0.15) is 55.6 Å². The molecule has 128 heavy (non-hydrogen) atoms. The van der Waals surface area contributed by atoms with Crippen LogP contribution in [0.4, 0.5) is 38.4 Å². The number of carbonyl (C=O) groups is 9. The van der Waals surface area contributed by atoms with Gasteiger partial charge in [-0.1, -0.05) is 236 Å². The smallest absolute Gasteiger partial charge is 0.410 e. The molecule has 722 valence electrons. The predicted molar refractivity (Wildman–Crippen MR) is 510 cm³/mol. The number of hydrogen-bond acceptors (Lipinski definition) is 22. The molecule has 0 spiro atoms. The fourth-order valence-corrected chi connectivity index (χ4v) is 13.8. The summed E-state index contributed by atoms with van der Waals surface area (Å²) in [6, 6.07) is 49.5. The third-order valence-electron chi connectivity index (χ3n) is 19.7. The van der Waals surface area contributed by atoms with Crippen molar-refractivity contribution in [2.24, 2.45) is 17.2 Å². The summed E-state index contributed by atoms with van der Waals surface area (Å²) in [6.07, 6.45) is 22.1. The molecular weight excluding hydrogens is 1700 g/mol. The highest BCUT2D eigenvalue weighted by molar-refractivity contribution is 6.61. The van der Waals surface area contributed by atoms with E-state index in [1.807, 2.05) is 224 Å². The van der Waals surface area contributed by atoms with Crippen LogP contribution in [0.25, 0.3) is 0 Å². The van der Waals surface area contributed by atoms with Crippen LogP contribution in [-0.4, -0.2) is 205 Å². The normalized spacial score (nSPS) is 14.4. The van der Waals surface area contributed by atoms with Crippen molar-refractivity contribution in [3.05, 3.63) is 179 Å². The molecule has 5 aromatic carbocycles. The first-order valence-electron chi connectivity index (χ1n) is 44.4. The lowest BCUT2D eigenvalue weighted by Gasteiger charge is -2.33. The number of carbonyl (C=O) groups excluding carboxylic acids is 9. The predicted octanol–water partition coefficient (Wildman–Crippen LogP) is 18.9. The number of nitrogens with one attached hydrogen (secondary N) is 4. The van der Waals surface area contributed by atoms with Crippen molar-refractivity contribution in [2.75, 3.05) is 85.6 Å². The molecule has 4 saturated carbocycles. The van der Waals surface area contributed by atoms with Crippen molar-refractivity contribution < 1.29 is 86.2 Å². The highest BCUT2D eigenvalue weighted by Crippen LogP contribution is 2.27. The maximum absolute atomic E-state index is 12.7. The molecule has 4 aliphatic carbocycles. The van der Waals surface area contributed by atoms with E-state index < -0.39 is 34.4 Å². The Morgan fingerprint density at radius 3 is 0.945 bits per heavy atom. The molecule has 0 atom stereocenters. The minimum Gasteiger partial charge on any atom is -0.449 e. The van der Waals surface area contributed by atoms with Crippen LogP contribution in [0.3, 0.4) is 0 Å². The summed E-state index contributed by atoms with van der Waals surface area (Å²) in [5.41, 5.74) is 19.2. The number of rotatable bonds is 26. The van der Waals surface area contributed by atoms with Gasteiger partial charge in [0.25, 0.3) is 0 Å². The quantitative estimate of drug-likeness (QED) is 0.0145. The molecule has 5 fully saturated rings. The zero-order chi connectivity index (χ0) is 91.9. The first kappa shape index (κ1) is 119. The molecule has 0 aromatic heterocycles. The molecule has 1 aliphatic heterocycles. The van der Waals surface area contributed by atoms with Gasteiger partial charge in [-0.15, -0.1) is 24.8 Å².